The zero-order chi connectivity index (χ0) is 7.98. The molecule has 1 heteroatoms. The van der Waals surface area contributed by atoms with Crippen molar-refractivity contribution < 1.29 is 4.79 Å². The number of ketones is 1. The van der Waals surface area contributed by atoms with E-state index in [9.17, 15) is 4.79 Å². The van der Waals surface area contributed by atoms with E-state index in [2.05, 4.69) is 6.58 Å². The van der Waals surface area contributed by atoms with Crippen molar-refractivity contribution in [3.8, 4) is 0 Å². The lowest BCUT2D eigenvalue weighted by Crippen LogP contribution is -2.08. The van der Waals surface area contributed by atoms with Crippen LogP contribution in [0.25, 0.3) is 0 Å². The van der Waals surface area contributed by atoms with E-state index in [1.807, 2.05) is 19.9 Å². The fraction of sp³-hybridized carbons (Fsp3) is 0.667. The van der Waals surface area contributed by atoms with Crippen LogP contribution in [0.2, 0.25) is 0 Å². The van der Waals surface area contributed by atoms with Crippen LogP contribution in [0.5, 0.6) is 0 Å². The first kappa shape index (κ1) is 9.41. The second-order valence-electron chi connectivity index (χ2n) is 2.59. The molecule has 0 saturated heterocycles. The van der Waals surface area contributed by atoms with Gasteiger partial charge in [-0.1, -0.05) is 19.9 Å². The first-order valence-corrected chi connectivity index (χ1v) is 3.86. The Morgan fingerprint density at radius 2 is 2.30 bits per heavy atom. The average molecular weight is 140 g/mol. The Bertz CT molecular complexity index is 116. The van der Waals surface area contributed by atoms with Gasteiger partial charge in [-0.3, -0.25) is 4.79 Å². The summed E-state index contributed by atoms with van der Waals surface area (Å²) in [6.07, 6.45) is 4.43. The molecule has 0 aliphatic carbocycles. The van der Waals surface area contributed by atoms with Gasteiger partial charge in [-0.2, -0.15) is 0 Å². The molecular formula is C9H16O. The van der Waals surface area contributed by atoms with Crippen LogP contribution in [-0.4, -0.2) is 5.78 Å². The molecule has 0 N–H and O–H groups in total. The molecule has 0 rings (SSSR count). The zero-order valence-electron chi connectivity index (χ0n) is 6.89. The topological polar surface area (TPSA) is 17.1 Å². The summed E-state index contributed by atoms with van der Waals surface area (Å²) in [6, 6.07) is 0. The molecule has 0 aromatic rings. The molecule has 1 nitrogen and oxygen atoms in total. The molecule has 0 aromatic heterocycles. The number of carbonyl (C=O) groups excluding carboxylic acids is 1. The SMILES string of the molecule is C=CCCC(C)C(=O)CC. The Morgan fingerprint density at radius 1 is 1.70 bits per heavy atom. The van der Waals surface area contributed by atoms with Crippen LogP contribution in [0.3, 0.4) is 0 Å². The molecule has 1 atom stereocenters. The first-order chi connectivity index (χ1) is 4.72. The van der Waals surface area contributed by atoms with Crippen LogP contribution >= 0.6 is 0 Å². The van der Waals surface area contributed by atoms with Gasteiger partial charge in [0.05, 0.1) is 0 Å². The number of hydrogen-bond donors (Lipinski definition) is 0. The number of Topliss-reactive ketones (excluding diaryl/α,β-unsaturated/α-hetero) is 1. The highest BCUT2D eigenvalue weighted by Crippen LogP contribution is 2.08. The van der Waals surface area contributed by atoms with E-state index < -0.39 is 0 Å². The average Bonchev–Trinajstić information content (AvgIpc) is 1.98. The maximum Gasteiger partial charge on any atom is 0.135 e. The van der Waals surface area contributed by atoms with Gasteiger partial charge in [0.1, 0.15) is 5.78 Å². The first-order valence-electron chi connectivity index (χ1n) is 3.86. The highest BCUT2D eigenvalue weighted by atomic mass is 16.1. The molecule has 0 amide bonds. The lowest BCUT2D eigenvalue weighted by Gasteiger charge is -2.05. The van der Waals surface area contributed by atoms with Gasteiger partial charge in [0.2, 0.25) is 0 Å². The maximum atomic E-state index is 11.0. The second kappa shape index (κ2) is 5.21. The Balaban J connectivity index is 3.50. The molecule has 1 unspecified atom stereocenters. The molecule has 0 bridgehead atoms. The lowest BCUT2D eigenvalue weighted by atomic mass is 9.99. The minimum atomic E-state index is 0.225. The normalized spacial score (nSPS) is 12.6. The van der Waals surface area contributed by atoms with Gasteiger partial charge in [-0.15, -0.1) is 6.58 Å². The fourth-order valence-corrected chi connectivity index (χ4v) is 0.877. The lowest BCUT2D eigenvalue weighted by molar-refractivity contribution is -0.122. The quantitative estimate of drug-likeness (QED) is 0.536. The van der Waals surface area contributed by atoms with Crippen LogP contribution < -0.4 is 0 Å². The summed E-state index contributed by atoms with van der Waals surface area (Å²) in [5.74, 6) is 0.588. The summed E-state index contributed by atoms with van der Waals surface area (Å²) in [4.78, 5) is 11.0. The van der Waals surface area contributed by atoms with Crippen molar-refractivity contribution in [3.05, 3.63) is 12.7 Å². The Hall–Kier alpha value is -0.590. The van der Waals surface area contributed by atoms with Gasteiger partial charge in [-0.05, 0) is 12.8 Å². The fourth-order valence-electron chi connectivity index (χ4n) is 0.877. The van der Waals surface area contributed by atoms with Crippen molar-refractivity contribution in [3.63, 3.8) is 0 Å². The second-order valence-corrected chi connectivity index (χ2v) is 2.59. The Morgan fingerprint density at radius 3 is 2.70 bits per heavy atom. The largest absolute Gasteiger partial charge is 0.299 e. The van der Waals surface area contributed by atoms with Gasteiger partial charge in [0.15, 0.2) is 0 Å². The van der Waals surface area contributed by atoms with Gasteiger partial charge in [-0.25, -0.2) is 0 Å². The molecule has 10 heavy (non-hydrogen) atoms. The molecular weight excluding hydrogens is 124 g/mol. The number of allylic oxidation sites excluding steroid dienone is 1. The maximum absolute atomic E-state index is 11.0. The summed E-state index contributed by atoms with van der Waals surface area (Å²) in [6.45, 7) is 7.50. The summed E-state index contributed by atoms with van der Waals surface area (Å²) >= 11 is 0. The molecule has 0 aromatic carbocycles. The van der Waals surface area contributed by atoms with E-state index in [4.69, 9.17) is 0 Å². The standard InChI is InChI=1S/C9H16O/c1-4-6-7-8(3)9(10)5-2/h4,8H,1,5-7H2,2-3H3. The van der Waals surface area contributed by atoms with E-state index in [0.29, 0.717) is 12.2 Å². The Labute approximate surface area is 63.1 Å². The zero-order valence-corrected chi connectivity index (χ0v) is 6.89. The highest BCUT2D eigenvalue weighted by molar-refractivity contribution is 5.80. The molecule has 0 heterocycles. The van der Waals surface area contributed by atoms with Crippen LogP contribution in [0.15, 0.2) is 12.7 Å². The molecule has 0 fully saturated rings. The predicted octanol–water partition coefficient (Wildman–Crippen LogP) is 2.57. The van der Waals surface area contributed by atoms with Gasteiger partial charge in [0, 0.05) is 12.3 Å². The van der Waals surface area contributed by atoms with Crippen molar-refractivity contribution in [2.75, 3.05) is 0 Å². The van der Waals surface area contributed by atoms with Crippen LogP contribution in [0.1, 0.15) is 33.1 Å². The summed E-state index contributed by atoms with van der Waals surface area (Å²) in [7, 11) is 0. The van der Waals surface area contributed by atoms with Crippen LogP contribution in [0.4, 0.5) is 0 Å². The van der Waals surface area contributed by atoms with Crippen molar-refractivity contribution >= 4 is 5.78 Å². The Kier molecular flexibility index (Phi) is 4.91. The highest BCUT2D eigenvalue weighted by Gasteiger charge is 2.07. The van der Waals surface area contributed by atoms with Gasteiger partial charge < -0.3 is 0 Å². The minimum absolute atomic E-state index is 0.225. The third-order valence-electron chi connectivity index (χ3n) is 1.70. The van der Waals surface area contributed by atoms with Crippen LogP contribution in [0, 0.1) is 5.92 Å². The third kappa shape index (κ3) is 3.44. The molecule has 0 aliphatic heterocycles. The molecule has 0 spiro atoms. The monoisotopic (exact) mass is 140 g/mol. The van der Waals surface area contributed by atoms with E-state index in [0.717, 1.165) is 12.8 Å². The van der Waals surface area contributed by atoms with E-state index in [1.54, 1.807) is 0 Å². The van der Waals surface area contributed by atoms with Crippen LogP contribution in [-0.2, 0) is 4.79 Å². The van der Waals surface area contributed by atoms with E-state index >= 15 is 0 Å². The van der Waals surface area contributed by atoms with E-state index in [-0.39, 0.29) is 5.92 Å². The number of rotatable bonds is 5. The number of hydrogen-bond acceptors (Lipinski definition) is 1. The third-order valence-corrected chi connectivity index (χ3v) is 1.70. The predicted molar refractivity (Wildman–Crippen MR) is 43.9 cm³/mol. The minimum Gasteiger partial charge on any atom is -0.299 e. The van der Waals surface area contributed by atoms with Crippen molar-refractivity contribution in [1.29, 1.82) is 0 Å². The van der Waals surface area contributed by atoms with Crippen molar-refractivity contribution in [1.82, 2.24) is 0 Å². The molecule has 0 aliphatic rings. The molecule has 0 radical (unpaired) electrons. The van der Waals surface area contributed by atoms with E-state index in [1.165, 1.54) is 0 Å². The number of carbonyl (C=O) groups is 1. The van der Waals surface area contributed by atoms with Crippen molar-refractivity contribution in [2.45, 2.75) is 33.1 Å². The molecule has 0 saturated carbocycles. The molecule has 58 valence electrons. The summed E-state index contributed by atoms with van der Waals surface area (Å²) in [5.41, 5.74) is 0. The summed E-state index contributed by atoms with van der Waals surface area (Å²) in [5, 5.41) is 0. The summed E-state index contributed by atoms with van der Waals surface area (Å²) < 4.78 is 0. The smallest absolute Gasteiger partial charge is 0.135 e. The van der Waals surface area contributed by atoms with Gasteiger partial charge in [0.25, 0.3) is 0 Å². The van der Waals surface area contributed by atoms with Crippen molar-refractivity contribution in [2.24, 2.45) is 5.92 Å². The van der Waals surface area contributed by atoms with Gasteiger partial charge >= 0.3 is 0 Å².